The summed E-state index contributed by atoms with van der Waals surface area (Å²) in [5, 5.41) is 7.83. The van der Waals surface area contributed by atoms with Gasteiger partial charge in [0.2, 0.25) is 0 Å². The lowest BCUT2D eigenvalue weighted by Gasteiger charge is -2.16. The summed E-state index contributed by atoms with van der Waals surface area (Å²) in [6, 6.07) is 0. The van der Waals surface area contributed by atoms with Crippen LogP contribution in [0.1, 0.15) is 6.42 Å². The molecule has 2 nitrogen and oxygen atoms in total. The van der Waals surface area contributed by atoms with Gasteiger partial charge in [0.15, 0.2) is 0 Å². The fraction of sp³-hybridized carbons (Fsp3) is 0.625. The molecule has 1 rings (SSSR count). The molecule has 70 valence electrons. The summed E-state index contributed by atoms with van der Waals surface area (Å²) in [5.41, 5.74) is 1.39. The van der Waals surface area contributed by atoms with Gasteiger partial charge >= 0.3 is 0 Å². The molecule has 4 heteroatoms. The zero-order chi connectivity index (χ0) is 8.97. The summed E-state index contributed by atoms with van der Waals surface area (Å²) in [6.45, 7) is 1.54. The van der Waals surface area contributed by atoms with Gasteiger partial charge in [0.25, 0.3) is 0 Å². The van der Waals surface area contributed by atoms with Crippen LogP contribution in [0.15, 0.2) is 10.5 Å². The van der Waals surface area contributed by atoms with Crippen molar-refractivity contribution < 1.29 is 4.74 Å². The van der Waals surface area contributed by atoms with E-state index in [-0.39, 0.29) is 0 Å². The second kappa shape index (κ2) is 5.07. The van der Waals surface area contributed by atoms with Gasteiger partial charge < -0.3 is 4.74 Å². The predicted molar refractivity (Wildman–Crippen MR) is 59.7 cm³/mol. The van der Waals surface area contributed by atoms with E-state index in [2.05, 4.69) is 17.9 Å². The molecule has 0 aromatic heterocycles. The Hall–Kier alpha value is 0.230. The predicted octanol–water partition coefficient (Wildman–Crippen LogP) is 1.60. The summed E-state index contributed by atoms with van der Waals surface area (Å²) in [4.78, 5) is 1.20. The first-order valence-electron chi connectivity index (χ1n) is 3.82. The van der Waals surface area contributed by atoms with Gasteiger partial charge in [-0.15, -0.1) is 0 Å². The van der Waals surface area contributed by atoms with Gasteiger partial charge in [-0.25, -0.2) is 0 Å². The van der Waals surface area contributed by atoms with Crippen LogP contribution in [-0.2, 0) is 4.74 Å². The summed E-state index contributed by atoms with van der Waals surface area (Å²) in [5.74, 6) is 0. The second-order valence-corrected chi connectivity index (χ2v) is 5.59. The quantitative estimate of drug-likeness (QED) is 0.549. The number of nitrogens with two attached hydrogens (primary N) is 1. The Morgan fingerprint density at radius 3 is 2.92 bits per heavy atom. The van der Waals surface area contributed by atoms with E-state index in [1.54, 1.807) is 0 Å². The molecule has 0 fully saturated rings. The molecule has 0 bridgehead atoms. The topological polar surface area (TPSA) is 35.2 Å². The normalized spacial score (nSPS) is 18.7. The maximum Gasteiger partial charge on any atom is 0.0791 e. The van der Waals surface area contributed by atoms with Gasteiger partial charge in [0, 0.05) is 4.91 Å². The number of hydrogen-bond acceptors (Lipinski definition) is 3. The molecule has 0 unspecified atom stereocenters. The van der Waals surface area contributed by atoms with Crippen LogP contribution in [0, 0.1) is 0 Å². The number of ether oxygens (including phenoxy) is 1. The van der Waals surface area contributed by atoms with Crippen LogP contribution in [0.4, 0.5) is 0 Å². The molecule has 0 aromatic rings. The van der Waals surface area contributed by atoms with Crippen molar-refractivity contribution in [2.45, 2.75) is 6.42 Å². The van der Waals surface area contributed by atoms with E-state index in [4.69, 9.17) is 9.88 Å². The van der Waals surface area contributed by atoms with E-state index >= 15 is 0 Å². The average Bonchev–Trinajstić information content (AvgIpc) is 2.04. The molecule has 0 saturated carbocycles. The number of hydrogen-bond donors (Lipinski definition) is 1. The van der Waals surface area contributed by atoms with Crippen molar-refractivity contribution in [2.24, 2.45) is 5.14 Å². The van der Waals surface area contributed by atoms with Crippen LogP contribution in [0.2, 0.25) is 0 Å². The fourth-order valence-corrected chi connectivity index (χ4v) is 2.47. The van der Waals surface area contributed by atoms with Crippen molar-refractivity contribution in [1.82, 2.24) is 0 Å². The van der Waals surface area contributed by atoms with E-state index in [0.717, 1.165) is 13.0 Å². The number of rotatable bonds is 2. The average molecular weight is 205 g/mol. The Morgan fingerprint density at radius 2 is 2.33 bits per heavy atom. The standard InChI is InChI=1S/C8H15NOS2/c1-12(2)6-7-3-4-10-5-8(7)11-9/h6H,3-5,9H2,1-2H3. The first-order valence-corrected chi connectivity index (χ1v) is 6.80. The molecule has 1 heterocycles. The molecule has 0 aromatic carbocycles. The van der Waals surface area contributed by atoms with Crippen LogP contribution in [0.3, 0.4) is 0 Å². The molecule has 0 atom stereocenters. The first kappa shape index (κ1) is 10.3. The van der Waals surface area contributed by atoms with E-state index in [0.29, 0.717) is 17.1 Å². The third kappa shape index (κ3) is 2.94. The molecule has 0 radical (unpaired) electrons. The largest absolute Gasteiger partial charge is 0.376 e. The smallest absolute Gasteiger partial charge is 0.0791 e. The van der Waals surface area contributed by atoms with E-state index in [9.17, 15) is 0 Å². The molecule has 1 aliphatic rings. The van der Waals surface area contributed by atoms with Crippen LogP contribution in [0.5, 0.6) is 0 Å². The minimum atomic E-state index is 0.357. The molecular formula is C8H15NOS2. The summed E-state index contributed by atoms with van der Waals surface area (Å²) in [6.07, 6.45) is 5.44. The molecule has 12 heavy (non-hydrogen) atoms. The van der Waals surface area contributed by atoms with Gasteiger partial charge in [-0.3, -0.25) is 5.14 Å². The van der Waals surface area contributed by atoms with Crippen molar-refractivity contribution in [1.29, 1.82) is 0 Å². The maximum atomic E-state index is 5.53. The molecule has 0 saturated heterocycles. The fourth-order valence-electron chi connectivity index (χ4n) is 1.10. The zero-order valence-electron chi connectivity index (χ0n) is 7.50. The van der Waals surface area contributed by atoms with Crippen LogP contribution in [0.25, 0.3) is 0 Å². The van der Waals surface area contributed by atoms with Gasteiger partial charge in [0.1, 0.15) is 0 Å². The summed E-state index contributed by atoms with van der Waals surface area (Å²) < 4.78 is 5.31. The van der Waals surface area contributed by atoms with Crippen LogP contribution in [-0.4, -0.2) is 31.1 Å². The van der Waals surface area contributed by atoms with Gasteiger partial charge in [0.05, 0.1) is 13.2 Å². The minimum Gasteiger partial charge on any atom is -0.376 e. The summed E-state index contributed by atoms with van der Waals surface area (Å²) in [7, 11) is 0.357. The lowest BCUT2D eigenvalue weighted by atomic mass is 10.2. The Labute approximate surface area is 80.6 Å². The Bertz CT molecular complexity index is 219. The van der Waals surface area contributed by atoms with Crippen molar-refractivity contribution in [3.8, 4) is 0 Å². The van der Waals surface area contributed by atoms with Gasteiger partial charge in [-0.2, -0.15) is 10.5 Å². The van der Waals surface area contributed by atoms with E-state index in [1.165, 1.54) is 22.4 Å². The molecule has 1 aliphatic heterocycles. The molecule has 0 aliphatic carbocycles. The lowest BCUT2D eigenvalue weighted by molar-refractivity contribution is 0.154. The maximum absolute atomic E-state index is 5.53. The van der Waals surface area contributed by atoms with E-state index < -0.39 is 0 Å². The highest BCUT2D eigenvalue weighted by Gasteiger charge is 2.10. The first-order chi connectivity index (χ1) is 5.74. The molecule has 0 spiro atoms. The van der Waals surface area contributed by atoms with Crippen molar-refractivity contribution >= 4 is 27.8 Å². The Balaban J connectivity index is 2.80. The van der Waals surface area contributed by atoms with Crippen LogP contribution >= 0.6 is 22.4 Å². The third-order valence-electron chi connectivity index (χ3n) is 1.63. The van der Waals surface area contributed by atoms with Crippen molar-refractivity contribution in [2.75, 3.05) is 25.7 Å². The third-order valence-corrected chi connectivity index (χ3v) is 3.05. The summed E-state index contributed by atoms with van der Waals surface area (Å²) >= 11 is 1.32. The molecule has 2 N–H and O–H groups in total. The van der Waals surface area contributed by atoms with Crippen LogP contribution < -0.4 is 5.14 Å². The van der Waals surface area contributed by atoms with Crippen molar-refractivity contribution in [3.63, 3.8) is 0 Å². The lowest BCUT2D eigenvalue weighted by Crippen LogP contribution is -2.11. The Kier molecular flexibility index (Phi) is 4.35. The van der Waals surface area contributed by atoms with Gasteiger partial charge in [-0.1, -0.05) is 0 Å². The highest BCUT2D eigenvalue weighted by atomic mass is 32.2. The highest BCUT2D eigenvalue weighted by Crippen LogP contribution is 2.22. The van der Waals surface area contributed by atoms with Crippen molar-refractivity contribution in [3.05, 3.63) is 10.5 Å². The molecular weight excluding hydrogens is 190 g/mol. The van der Waals surface area contributed by atoms with E-state index in [1.807, 2.05) is 0 Å². The zero-order valence-corrected chi connectivity index (χ0v) is 9.13. The highest BCUT2D eigenvalue weighted by molar-refractivity contribution is 8.14. The SMILES string of the molecule is CS(C)=CC1=C(SN)COCC1. The van der Waals surface area contributed by atoms with Gasteiger partial charge in [-0.05, 0) is 41.8 Å². The molecule has 0 amide bonds. The second-order valence-electron chi connectivity index (χ2n) is 2.87. The Morgan fingerprint density at radius 1 is 1.58 bits per heavy atom. The minimum absolute atomic E-state index is 0.357. The monoisotopic (exact) mass is 205 g/mol.